The third-order valence-electron chi connectivity index (χ3n) is 3.89. The summed E-state index contributed by atoms with van der Waals surface area (Å²) in [5.74, 6) is 1.05. The van der Waals surface area contributed by atoms with Crippen LogP contribution in [-0.2, 0) is 6.54 Å². The fraction of sp³-hybridized carbons (Fsp3) is 0.412. The van der Waals surface area contributed by atoms with Gasteiger partial charge in [0, 0.05) is 32.0 Å². The number of ether oxygens (including phenoxy) is 1. The molecule has 0 aliphatic carbocycles. The summed E-state index contributed by atoms with van der Waals surface area (Å²) in [6, 6.07) is 5.83. The Labute approximate surface area is 134 Å². The number of Topliss-reactive ketones (excluding diaryl/α,β-unsaturated/α-hetero) is 1. The number of carbonyl (C=O) groups is 1. The van der Waals surface area contributed by atoms with E-state index in [0.29, 0.717) is 0 Å². The molecular weight excluding hydrogens is 296 g/mol. The second-order valence-electron chi connectivity index (χ2n) is 5.65. The highest BCUT2D eigenvalue weighted by atomic mass is 32.1. The van der Waals surface area contributed by atoms with Crippen LogP contribution in [0.25, 0.3) is 0 Å². The molecule has 1 saturated heterocycles. The van der Waals surface area contributed by atoms with E-state index in [1.165, 1.54) is 5.56 Å². The Morgan fingerprint density at radius 1 is 1.36 bits per heavy atom. The molecule has 0 aromatic carbocycles. The summed E-state index contributed by atoms with van der Waals surface area (Å²) in [5.41, 5.74) is 1.24. The van der Waals surface area contributed by atoms with Crippen molar-refractivity contribution in [2.24, 2.45) is 0 Å². The lowest BCUT2D eigenvalue weighted by atomic mass is 10.1. The molecule has 0 atom stereocenters. The van der Waals surface area contributed by atoms with E-state index in [4.69, 9.17) is 4.74 Å². The Hall–Kier alpha value is -1.72. The smallest absolute Gasteiger partial charge is 0.169 e. The Morgan fingerprint density at radius 3 is 2.73 bits per heavy atom. The second kappa shape index (κ2) is 7.03. The summed E-state index contributed by atoms with van der Waals surface area (Å²) in [6.07, 6.45) is 5.87. The predicted molar refractivity (Wildman–Crippen MR) is 87.5 cm³/mol. The number of hydrogen-bond acceptors (Lipinski definition) is 5. The van der Waals surface area contributed by atoms with Crippen LogP contribution >= 0.6 is 11.3 Å². The quantitative estimate of drug-likeness (QED) is 0.793. The molecule has 1 fully saturated rings. The van der Waals surface area contributed by atoms with E-state index in [1.807, 2.05) is 18.2 Å². The van der Waals surface area contributed by atoms with Crippen LogP contribution in [0.1, 0.15) is 35.0 Å². The fourth-order valence-electron chi connectivity index (χ4n) is 2.70. The molecule has 0 saturated carbocycles. The van der Waals surface area contributed by atoms with Crippen molar-refractivity contribution in [2.75, 3.05) is 13.1 Å². The Bertz CT molecular complexity index is 619. The highest BCUT2D eigenvalue weighted by Crippen LogP contribution is 2.21. The fourth-order valence-corrected chi connectivity index (χ4v) is 3.50. The Kier molecular flexibility index (Phi) is 4.85. The average Bonchev–Trinajstić information content (AvgIpc) is 2.99. The first kappa shape index (κ1) is 15.2. The Balaban J connectivity index is 1.48. The third-order valence-corrected chi connectivity index (χ3v) is 4.97. The maximum atomic E-state index is 11.3. The zero-order valence-electron chi connectivity index (χ0n) is 12.7. The number of carbonyl (C=O) groups excluding carboxylic acids is 1. The van der Waals surface area contributed by atoms with Crippen LogP contribution < -0.4 is 4.74 Å². The molecule has 5 heteroatoms. The van der Waals surface area contributed by atoms with E-state index in [9.17, 15) is 4.79 Å². The molecule has 0 bridgehead atoms. The molecule has 1 aliphatic rings. The third kappa shape index (κ3) is 3.93. The van der Waals surface area contributed by atoms with Crippen molar-refractivity contribution in [3.8, 4) is 5.75 Å². The number of hydrogen-bond donors (Lipinski definition) is 0. The van der Waals surface area contributed by atoms with Gasteiger partial charge in [0.25, 0.3) is 0 Å². The van der Waals surface area contributed by atoms with Crippen molar-refractivity contribution in [3.05, 3.63) is 46.4 Å². The van der Waals surface area contributed by atoms with Gasteiger partial charge in [-0.1, -0.05) is 0 Å². The molecule has 4 nitrogen and oxygen atoms in total. The lowest BCUT2D eigenvalue weighted by Gasteiger charge is -2.31. The van der Waals surface area contributed by atoms with Gasteiger partial charge in [-0.2, -0.15) is 0 Å². The molecule has 0 radical (unpaired) electrons. The van der Waals surface area contributed by atoms with Crippen LogP contribution in [-0.4, -0.2) is 34.9 Å². The average molecular weight is 316 g/mol. The SMILES string of the molecule is CC(=O)c1cc(CN2CCC(Oc3ccncc3)CC2)cs1. The van der Waals surface area contributed by atoms with E-state index in [2.05, 4.69) is 15.3 Å². The number of piperidine rings is 1. The first-order valence-corrected chi connectivity index (χ1v) is 8.46. The minimum absolute atomic E-state index is 0.153. The predicted octanol–water partition coefficient (Wildman–Crippen LogP) is 3.39. The molecule has 0 unspecified atom stereocenters. The number of nitrogens with zero attached hydrogens (tertiary/aromatic N) is 2. The first-order valence-electron chi connectivity index (χ1n) is 7.58. The molecule has 2 aromatic rings. The van der Waals surface area contributed by atoms with Crippen LogP contribution in [0, 0.1) is 0 Å². The van der Waals surface area contributed by atoms with Gasteiger partial charge in [0.1, 0.15) is 11.9 Å². The summed E-state index contributed by atoms with van der Waals surface area (Å²) in [4.78, 5) is 18.6. The van der Waals surface area contributed by atoms with Gasteiger partial charge >= 0.3 is 0 Å². The summed E-state index contributed by atoms with van der Waals surface area (Å²) in [5, 5.41) is 2.09. The molecule has 3 heterocycles. The van der Waals surface area contributed by atoms with Gasteiger partial charge in [-0.3, -0.25) is 14.7 Å². The maximum absolute atomic E-state index is 11.3. The number of likely N-dealkylation sites (tertiary alicyclic amines) is 1. The van der Waals surface area contributed by atoms with Crippen LogP contribution in [0.5, 0.6) is 5.75 Å². The maximum Gasteiger partial charge on any atom is 0.169 e. The minimum Gasteiger partial charge on any atom is -0.490 e. The van der Waals surface area contributed by atoms with E-state index in [0.717, 1.165) is 43.1 Å². The van der Waals surface area contributed by atoms with Gasteiger partial charge in [0.2, 0.25) is 0 Å². The molecule has 22 heavy (non-hydrogen) atoms. The van der Waals surface area contributed by atoms with Gasteiger partial charge in [-0.15, -0.1) is 11.3 Å². The normalized spacial score (nSPS) is 16.6. The second-order valence-corrected chi connectivity index (χ2v) is 6.56. The van der Waals surface area contributed by atoms with Crippen molar-refractivity contribution in [3.63, 3.8) is 0 Å². The first-order chi connectivity index (χ1) is 10.7. The summed E-state index contributed by atoms with van der Waals surface area (Å²) in [6.45, 7) is 4.60. The summed E-state index contributed by atoms with van der Waals surface area (Å²) >= 11 is 1.54. The lowest BCUT2D eigenvalue weighted by Crippen LogP contribution is -2.37. The molecule has 2 aromatic heterocycles. The Morgan fingerprint density at radius 2 is 2.09 bits per heavy atom. The van der Waals surface area contributed by atoms with E-state index < -0.39 is 0 Å². The molecule has 3 rings (SSSR count). The molecule has 116 valence electrons. The van der Waals surface area contributed by atoms with Crippen LogP contribution in [0.15, 0.2) is 36.0 Å². The number of thiophene rings is 1. The van der Waals surface area contributed by atoms with E-state index in [1.54, 1.807) is 30.7 Å². The number of aromatic nitrogens is 1. The van der Waals surface area contributed by atoms with E-state index >= 15 is 0 Å². The molecular formula is C17H20N2O2S. The van der Waals surface area contributed by atoms with Crippen LogP contribution in [0.2, 0.25) is 0 Å². The van der Waals surface area contributed by atoms with Gasteiger partial charge in [-0.05, 0) is 48.9 Å². The molecule has 0 amide bonds. The summed E-state index contributed by atoms with van der Waals surface area (Å²) < 4.78 is 5.98. The van der Waals surface area contributed by atoms with Gasteiger partial charge in [0.05, 0.1) is 4.88 Å². The molecule has 1 aliphatic heterocycles. The monoisotopic (exact) mass is 316 g/mol. The summed E-state index contributed by atoms with van der Waals surface area (Å²) in [7, 11) is 0. The van der Waals surface area contributed by atoms with Gasteiger partial charge < -0.3 is 4.74 Å². The standard InChI is InChI=1S/C17H20N2O2S/c1-13(20)17-10-14(12-22-17)11-19-8-4-16(5-9-19)21-15-2-6-18-7-3-15/h2-3,6-7,10,12,16H,4-5,8-9,11H2,1H3. The molecule has 0 spiro atoms. The van der Waals surface area contributed by atoms with Crippen LogP contribution in [0.4, 0.5) is 0 Å². The van der Waals surface area contributed by atoms with Crippen molar-refractivity contribution >= 4 is 17.1 Å². The highest BCUT2D eigenvalue weighted by molar-refractivity contribution is 7.12. The zero-order chi connectivity index (χ0) is 15.4. The minimum atomic E-state index is 0.153. The lowest BCUT2D eigenvalue weighted by molar-refractivity contribution is 0.0968. The van der Waals surface area contributed by atoms with Gasteiger partial charge in [0.15, 0.2) is 5.78 Å². The van der Waals surface area contributed by atoms with Crippen LogP contribution in [0.3, 0.4) is 0 Å². The van der Waals surface area contributed by atoms with Gasteiger partial charge in [-0.25, -0.2) is 0 Å². The van der Waals surface area contributed by atoms with Crippen molar-refractivity contribution < 1.29 is 9.53 Å². The largest absolute Gasteiger partial charge is 0.490 e. The topological polar surface area (TPSA) is 42.4 Å². The van der Waals surface area contributed by atoms with Crippen molar-refractivity contribution in [2.45, 2.75) is 32.4 Å². The van der Waals surface area contributed by atoms with Crippen molar-refractivity contribution in [1.82, 2.24) is 9.88 Å². The van der Waals surface area contributed by atoms with Crippen molar-refractivity contribution in [1.29, 1.82) is 0 Å². The highest BCUT2D eigenvalue weighted by Gasteiger charge is 2.21. The van der Waals surface area contributed by atoms with E-state index in [-0.39, 0.29) is 11.9 Å². The number of rotatable bonds is 5. The molecule has 0 N–H and O–H groups in total. The number of pyridine rings is 1. The number of ketones is 1. The zero-order valence-corrected chi connectivity index (χ0v) is 13.5.